The molecule has 2 rings (SSSR count). The summed E-state index contributed by atoms with van der Waals surface area (Å²) in [5.74, 6) is 0.601. The Morgan fingerprint density at radius 1 is 1.24 bits per heavy atom. The summed E-state index contributed by atoms with van der Waals surface area (Å²) in [6.07, 6.45) is -0.513. The van der Waals surface area contributed by atoms with Crippen molar-refractivity contribution in [3.63, 3.8) is 0 Å². The lowest BCUT2D eigenvalue weighted by Crippen LogP contribution is -2.33. The molecule has 0 bridgehead atoms. The molecule has 25 heavy (non-hydrogen) atoms. The number of benzene rings is 1. The van der Waals surface area contributed by atoms with Crippen molar-refractivity contribution >= 4 is 0 Å². The van der Waals surface area contributed by atoms with Crippen LogP contribution in [0.5, 0.6) is 5.75 Å². The second-order valence-corrected chi connectivity index (χ2v) is 6.93. The number of ether oxygens (including phenoxy) is 1. The number of aromatic nitrogens is 2. The fourth-order valence-corrected chi connectivity index (χ4v) is 2.22. The molecule has 0 saturated heterocycles. The van der Waals surface area contributed by atoms with E-state index in [-0.39, 0.29) is 24.1 Å². The Hall–Kier alpha value is -2.65. The summed E-state index contributed by atoms with van der Waals surface area (Å²) in [5.41, 5.74) is 1.26. The van der Waals surface area contributed by atoms with E-state index in [4.69, 9.17) is 10.00 Å². The van der Waals surface area contributed by atoms with Crippen LogP contribution >= 0.6 is 0 Å². The van der Waals surface area contributed by atoms with Crippen molar-refractivity contribution in [1.29, 1.82) is 5.26 Å². The van der Waals surface area contributed by atoms with Crippen LogP contribution in [0.25, 0.3) is 0 Å². The Labute approximate surface area is 147 Å². The monoisotopic (exact) mass is 341 g/mol. The van der Waals surface area contributed by atoms with Crippen LogP contribution < -0.4 is 10.3 Å². The molecule has 132 valence electrons. The molecule has 1 unspecified atom stereocenters. The smallest absolute Gasteiger partial charge is 0.266 e. The van der Waals surface area contributed by atoms with Gasteiger partial charge >= 0.3 is 0 Å². The molecule has 0 amide bonds. The predicted octanol–water partition coefficient (Wildman–Crippen LogP) is 2.05. The number of hydrogen-bond donors (Lipinski definition) is 1. The highest BCUT2D eigenvalue weighted by Gasteiger charge is 2.17. The van der Waals surface area contributed by atoms with Crippen molar-refractivity contribution in [2.45, 2.75) is 45.3 Å². The summed E-state index contributed by atoms with van der Waals surface area (Å²) in [5, 5.41) is 23.1. The lowest BCUT2D eigenvalue weighted by atomic mass is 9.92. The first-order valence-corrected chi connectivity index (χ1v) is 8.15. The average Bonchev–Trinajstić information content (AvgIpc) is 2.55. The molecule has 1 N–H and O–H groups in total. The summed E-state index contributed by atoms with van der Waals surface area (Å²) in [6, 6.07) is 12.4. The molecule has 0 fully saturated rings. The lowest BCUT2D eigenvalue weighted by molar-refractivity contribution is 0.0875. The SMILES string of the molecule is CC(C)(C)c1ccc(=O)n(CC(O)COc2ccc(CC#N)cc2)n1. The largest absolute Gasteiger partial charge is 0.491 e. The minimum atomic E-state index is -0.862. The van der Waals surface area contributed by atoms with Crippen molar-refractivity contribution in [2.24, 2.45) is 0 Å². The molecule has 0 radical (unpaired) electrons. The van der Waals surface area contributed by atoms with Crippen molar-refractivity contribution < 1.29 is 9.84 Å². The number of aliphatic hydroxyl groups excluding tert-OH is 1. The van der Waals surface area contributed by atoms with Gasteiger partial charge in [0.1, 0.15) is 18.5 Å². The van der Waals surface area contributed by atoms with Gasteiger partial charge in [-0.05, 0) is 23.8 Å². The molecule has 0 aliphatic rings. The van der Waals surface area contributed by atoms with Gasteiger partial charge in [-0.2, -0.15) is 10.4 Å². The summed E-state index contributed by atoms with van der Waals surface area (Å²) < 4.78 is 6.80. The van der Waals surface area contributed by atoms with E-state index in [0.717, 1.165) is 11.3 Å². The van der Waals surface area contributed by atoms with Gasteiger partial charge in [0.25, 0.3) is 5.56 Å². The topological polar surface area (TPSA) is 88.1 Å². The lowest BCUT2D eigenvalue weighted by Gasteiger charge is -2.19. The molecule has 6 nitrogen and oxygen atoms in total. The van der Waals surface area contributed by atoms with Crippen LogP contribution in [-0.2, 0) is 18.4 Å². The van der Waals surface area contributed by atoms with Gasteiger partial charge in [-0.15, -0.1) is 0 Å². The third kappa shape index (κ3) is 5.44. The van der Waals surface area contributed by atoms with E-state index >= 15 is 0 Å². The normalized spacial score (nSPS) is 12.4. The highest BCUT2D eigenvalue weighted by molar-refractivity contribution is 5.28. The average molecular weight is 341 g/mol. The third-order valence-corrected chi connectivity index (χ3v) is 3.67. The number of rotatable bonds is 6. The van der Waals surface area contributed by atoms with Crippen LogP contribution in [0, 0.1) is 11.3 Å². The molecular weight excluding hydrogens is 318 g/mol. The minimum Gasteiger partial charge on any atom is -0.491 e. The third-order valence-electron chi connectivity index (χ3n) is 3.67. The van der Waals surface area contributed by atoms with Crippen molar-refractivity contribution in [1.82, 2.24) is 9.78 Å². The van der Waals surface area contributed by atoms with E-state index in [1.165, 1.54) is 10.7 Å². The highest BCUT2D eigenvalue weighted by atomic mass is 16.5. The van der Waals surface area contributed by atoms with Gasteiger partial charge in [-0.3, -0.25) is 4.79 Å². The van der Waals surface area contributed by atoms with E-state index in [9.17, 15) is 9.90 Å². The van der Waals surface area contributed by atoms with Gasteiger partial charge in [0.2, 0.25) is 0 Å². The molecule has 0 aliphatic carbocycles. The number of hydrogen-bond acceptors (Lipinski definition) is 5. The Kier molecular flexibility index (Phi) is 5.94. The molecule has 1 heterocycles. The summed E-state index contributed by atoms with van der Waals surface area (Å²) in [4.78, 5) is 11.9. The molecule has 1 aromatic heterocycles. The zero-order valence-corrected chi connectivity index (χ0v) is 14.8. The van der Waals surface area contributed by atoms with Crippen LogP contribution in [0.3, 0.4) is 0 Å². The standard InChI is InChI=1S/C19H23N3O3/c1-19(2,3)17-8-9-18(24)22(21-17)12-15(23)13-25-16-6-4-14(5-7-16)10-11-20/h4-9,15,23H,10,12-13H2,1-3H3. The second-order valence-electron chi connectivity index (χ2n) is 6.93. The number of aliphatic hydroxyl groups is 1. The van der Waals surface area contributed by atoms with Crippen molar-refractivity contribution in [3.05, 3.63) is 58.0 Å². The van der Waals surface area contributed by atoms with Crippen LogP contribution in [-0.4, -0.2) is 27.6 Å². The van der Waals surface area contributed by atoms with Gasteiger partial charge in [0.15, 0.2) is 0 Å². The van der Waals surface area contributed by atoms with Crippen LogP contribution in [0.4, 0.5) is 0 Å². The molecule has 1 atom stereocenters. The van der Waals surface area contributed by atoms with Gasteiger partial charge < -0.3 is 9.84 Å². The maximum Gasteiger partial charge on any atom is 0.266 e. The van der Waals surface area contributed by atoms with Crippen molar-refractivity contribution in [2.75, 3.05) is 6.61 Å². The molecule has 0 saturated carbocycles. The highest BCUT2D eigenvalue weighted by Crippen LogP contribution is 2.18. The molecule has 0 spiro atoms. The minimum absolute atomic E-state index is 0.0471. The van der Waals surface area contributed by atoms with Crippen LogP contribution in [0.2, 0.25) is 0 Å². The predicted molar refractivity (Wildman–Crippen MR) is 94.5 cm³/mol. The second kappa shape index (κ2) is 7.95. The van der Waals surface area contributed by atoms with Gasteiger partial charge in [-0.25, -0.2) is 4.68 Å². The Morgan fingerprint density at radius 3 is 2.52 bits per heavy atom. The van der Waals surface area contributed by atoms with Crippen LogP contribution in [0.15, 0.2) is 41.2 Å². The summed E-state index contributed by atoms with van der Waals surface area (Å²) in [7, 11) is 0. The zero-order chi connectivity index (χ0) is 18.4. The van der Waals surface area contributed by atoms with E-state index in [2.05, 4.69) is 11.2 Å². The molecule has 0 aliphatic heterocycles. The Bertz CT molecular complexity index is 798. The number of nitriles is 1. The quantitative estimate of drug-likeness (QED) is 0.869. The van der Waals surface area contributed by atoms with Gasteiger partial charge in [-0.1, -0.05) is 32.9 Å². The van der Waals surface area contributed by atoms with E-state index < -0.39 is 6.10 Å². The van der Waals surface area contributed by atoms with Crippen molar-refractivity contribution in [3.8, 4) is 11.8 Å². The summed E-state index contributed by atoms with van der Waals surface area (Å²) in [6.45, 7) is 6.15. The first-order valence-electron chi connectivity index (χ1n) is 8.15. The van der Waals surface area contributed by atoms with Gasteiger partial charge in [0, 0.05) is 11.5 Å². The first kappa shape index (κ1) is 18.7. The van der Waals surface area contributed by atoms with Gasteiger partial charge in [0.05, 0.1) is 24.7 Å². The zero-order valence-electron chi connectivity index (χ0n) is 14.8. The molecule has 6 heteroatoms. The Balaban J connectivity index is 1.97. The molecule has 2 aromatic rings. The molecule has 1 aromatic carbocycles. The maximum atomic E-state index is 11.9. The van der Waals surface area contributed by atoms with Crippen LogP contribution in [0.1, 0.15) is 32.0 Å². The molecular formula is C19H23N3O3. The van der Waals surface area contributed by atoms with E-state index in [1.807, 2.05) is 32.9 Å². The first-order chi connectivity index (χ1) is 11.8. The number of nitrogens with zero attached hydrogens (tertiary/aromatic N) is 3. The maximum absolute atomic E-state index is 11.9. The fraction of sp³-hybridized carbons (Fsp3) is 0.421. The fourth-order valence-electron chi connectivity index (χ4n) is 2.22. The Morgan fingerprint density at radius 2 is 1.92 bits per heavy atom. The summed E-state index contributed by atoms with van der Waals surface area (Å²) >= 11 is 0. The van der Waals surface area contributed by atoms with E-state index in [1.54, 1.807) is 18.2 Å². The van der Waals surface area contributed by atoms with E-state index in [0.29, 0.717) is 12.2 Å².